The van der Waals surface area contributed by atoms with Gasteiger partial charge in [0.2, 0.25) is 0 Å². The molecule has 0 aliphatic heterocycles. The van der Waals surface area contributed by atoms with Crippen LogP contribution in [-0.4, -0.2) is 26.7 Å². The van der Waals surface area contributed by atoms with Crippen LogP contribution in [0.5, 0.6) is 5.75 Å². The van der Waals surface area contributed by atoms with Gasteiger partial charge in [-0.2, -0.15) is 5.10 Å². The summed E-state index contributed by atoms with van der Waals surface area (Å²) in [5.41, 5.74) is 3.46. The van der Waals surface area contributed by atoms with Gasteiger partial charge in [-0.25, -0.2) is 8.42 Å². The Labute approximate surface area is 173 Å². The molecule has 3 aromatic rings. The Morgan fingerprint density at radius 3 is 2.37 bits per heavy atom. The second-order valence-electron chi connectivity index (χ2n) is 6.05. The third kappa shape index (κ3) is 5.11. The average Bonchev–Trinajstić information content (AvgIpc) is 2.75. The van der Waals surface area contributed by atoms with Crippen LogP contribution in [0.1, 0.15) is 5.56 Å². The summed E-state index contributed by atoms with van der Waals surface area (Å²) in [6.07, 6.45) is 1.51. The van der Waals surface area contributed by atoms with Crippen LogP contribution >= 0.6 is 0 Å². The molecule has 9 nitrogen and oxygen atoms in total. The maximum Gasteiger partial charge on any atom is 0.270 e. The molecule has 2 N–H and O–H groups in total. The first-order valence-corrected chi connectivity index (χ1v) is 10.2. The Balaban J connectivity index is 1.92. The maximum absolute atomic E-state index is 12.9. The van der Waals surface area contributed by atoms with E-state index >= 15 is 0 Å². The van der Waals surface area contributed by atoms with Crippen molar-refractivity contribution in [3.05, 3.63) is 88.5 Å². The van der Waals surface area contributed by atoms with Crippen LogP contribution in [0.25, 0.3) is 0 Å². The van der Waals surface area contributed by atoms with Crippen LogP contribution in [0.2, 0.25) is 0 Å². The molecule has 0 bridgehead atoms. The van der Waals surface area contributed by atoms with Crippen molar-refractivity contribution in [2.45, 2.75) is 4.90 Å². The van der Waals surface area contributed by atoms with E-state index in [-0.39, 0.29) is 22.0 Å². The zero-order valence-corrected chi connectivity index (χ0v) is 16.7. The van der Waals surface area contributed by atoms with Crippen molar-refractivity contribution in [1.82, 2.24) is 0 Å². The maximum atomic E-state index is 12.9. The largest absolute Gasteiger partial charge is 0.497 e. The Kier molecular flexibility index (Phi) is 6.28. The van der Waals surface area contributed by atoms with Gasteiger partial charge in [0.15, 0.2) is 0 Å². The molecular weight excluding hydrogens is 408 g/mol. The second-order valence-corrected chi connectivity index (χ2v) is 7.70. The van der Waals surface area contributed by atoms with Crippen LogP contribution in [0, 0.1) is 10.1 Å². The van der Waals surface area contributed by atoms with Crippen molar-refractivity contribution >= 4 is 33.3 Å². The first-order chi connectivity index (χ1) is 14.4. The molecule has 3 rings (SSSR count). The van der Waals surface area contributed by atoms with E-state index in [1.807, 2.05) is 30.3 Å². The third-order valence-corrected chi connectivity index (χ3v) is 5.43. The first kappa shape index (κ1) is 20.8. The molecule has 0 saturated heterocycles. The molecule has 0 spiro atoms. The van der Waals surface area contributed by atoms with Crippen molar-refractivity contribution in [3.63, 3.8) is 0 Å². The minimum atomic E-state index is -4.15. The molecule has 0 unspecified atom stereocenters. The number of benzene rings is 3. The lowest BCUT2D eigenvalue weighted by atomic mass is 10.2. The minimum absolute atomic E-state index is 0.0915. The highest BCUT2D eigenvalue weighted by atomic mass is 32.2. The van der Waals surface area contributed by atoms with Crippen molar-refractivity contribution in [3.8, 4) is 5.75 Å². The molecule has 0 amide bonds. The molecule has 3 aromatic carbocycles. The van der Waals surface area contributed by atoms with Crippen LogP contribution in [0.15, 0.2) is 82.8 Å². The molecule has 0 aromatic heterocycles. The van der Waals surface area contributed by atoms with Crippen LogP contribution in [0.4, 0.5) is 17.1 Å². The number of anilines is 2. The number of hydrazone groups is 1. The van der Waals surface area contributed by atoms with Gasteiger partial charge in [-0.15, -0.1) is 0 Å². The highest BCUT2D eigenvalue weighted by Gasteiger charge is 2.22. The lowest BCUT2D eigenvalue weighted by molar-refractivity contribution is -0.385. The fraction of sp³-hybridized carbons (Fsp3) is 0.0500. The lowest BCUT2D eigenvalue weighted by Crippen LogP contribution is -2.15. The molecule has 0 heterocycles. The molecule has 10 heteroatoms. The van der Waals surface area contributed by atoms with Gasteiger partial charge in [-0.3, -0.25) is 20.3 Å². The summed E-state index contributed by atoms with van der Waals surface area (Å²) in [7, 11) is -2.65. The average molecular weight is 426 g/mol. The van der Waals surface area contributed by atoms with E-state index in [1.165, 1.54) is 37.6 Å². The number of ether oxygens (including phenoxy) is 1. The first-order valence-electron chi connectivity index (χ1n) is 8.68. The third-order valence-electron chi connectivity index (χ3n) is 4.01. The van der Waals surface area contributed by atoms with Crippen LogP contribution < -0.4 is 14.9 Å². The van der Waals surface area contributed by atoms with Crippen molar-refractivity contribution in [2.75, 3.05) is 17.3 Å². The fourth-order valence-corrected chi connectivity index (χ4v) is 3.76. The number of nitrogens with zero attached hydrogens (tertiary/aromatic N) is 2. The van der Waals surface area contributed by atoms with E-state index in [1.54, 1.807) is 12.1 Å². The fourth-order valence-electron chi connectivity index (χ4n) is 2.52. The van der Waals surface area contributed by atoms with Gasteiger partial charge in [-0.1, -0.05) is 30.3 Å². The molecular formula is C20H18N4O5S. The zero-order valence-electron chi connectivity index (χ0n) is 15.8. The second kappa shape index (κ2) is 9.05. The SMILES string of the molecule is COc1ccc(NS(=O)(=O)c2cc([N+](=O)[O-])ccc2N/N=C/c2ccccc2)cc1. The molecule has 0 aliphatic carbocycles. The van der Waals surface area contributed by atoms with Gasteiger partial charge in [-0.05, 0) is 35.9 Å². The van der Waals surface area contributed by atoms with Crippen LogP contribution in [0.3, 0.4) is 0 Å². The number of sulfonamides is 1. The van der Waals surface area contributed by atoms with E-state index in [0.29, 0.717) is 5.75 Å². The normalized spacial score (nSPS) is 11.2. The number of nitro groups is 1. The van der Waals surface area contributed by atoms with Gasteiger partial charge in [0.25, 0.3) is 15.7 Å². The van der Waals surface area contributed by atoms with E-state index in [0.717, 1.165) is 11.6 Å². The molecule has 0 atom stereocenters. The summed E-state index contributed by atoms with van der Waals surface area (Å²) >= 11 is 0. The highest BCUT2D eigenvalue weighted by molar-refractivity contribution is 7.92. The van der Waals surface area contributed by atoms with Gasteiger partial charge in [0.05, 0.1) is 23.9 Å². The van der Waals surface area contributed by atoms with Gasteiger partial charge in [0.1, 0.15) is 10.6 Å². The van der Waals surface area contributed by atoms with Crippen molar-refractivity contribution in [1.29, 1.82) is 0 Å². The summed E-state index contributed by atoms with van der Waals surface area (Å²) in [5, 5.41) is 15.2. The summed E-state index contributed by atoms with van der Waals surface area (Å²) in [6, 6.07) is 18.9. The van der Waals surface area contributed by atoms with Gasteiger partial charge >= 0.3 is 0 Å². The topological polar surface area (TPSA) is 123 Å². The number of nitro benzene ring substituents is 1. The van der Waals surface area contributed by atoms with Gasteiger partial charge in [0, 0.05) is 17.8 Å². The summed E-state index contributed by atoms with van der Waals surface area (Å²) in [4.78, 5) is 10.2. The van der Waals surface area contributed by atoms with Crippen molar-refractivity contribution < 1.29 is 18.1 Å². The minimum Gasteiger partial charge on any atom is -0.497 e. The quantitative estimate of drug-likeness (QED) is 0.320. The number of nitrogens with one attached hydrogen (secondary N) is 2. The smallest absolute Gasteiger partial charge is 0.270 e. The standard InChI is InChI=1S/C20H18N4O5S/c1-29-18-10-7-16(8-11-18)23-30(27,28)20-13-17(24(25)26)9-12-19(20)22-21-14-15-5-3-2-4-6-15/h2-14,22-23H,1H3/b21-14+. The number of hydrogen-bond acceptors (Lipinski definition) is 7. The summed E-state index contributed by atoms with van der Waals surface area (Å²) in [6.45, 7) is 0. The number of non-ortho nitro benzene ring substituents is 1. The highest BCUT2D eigenvalue weighted by Crippen LogP contribution is 2.28. The number of methoxy groups -OCH3 is 1. The van der Waals surface area contributed by atoms with Crippen LogP contribution in [-0.2, 0) is 10.0 Å². The Morgan fingerprint density at radius 2 is 1.73 bits per heavy atom. The molecule has 0 radical (unpaired) electrons. The number of rotatable bonds is 8. The van der Waals surface area contributed by atoms with E-state index in [4.69, 9.17) is 4.74 Å². The van der Waals surface area contributed by atoms with E-state index < -0.39 is 14.9 Å². The van der Waals surface area contributed by atoms with E-state index in [2.05, 4.69) is 15.2 Å². The molecule has 30 heavy (non-hydrogen) atoms. The van der Waals surface area contributed by atoms with Crippen molar-refractivity contribution in [2.24, 2.45) is 5.10 Å². The van der Waals surface area contributed by atoms with E-state index in [9.17, 15) is 18.5 Å². The molecule has 0 saturated carbocycles. The predicted molar refractivity (Wildman–Crippen MR) is 115 cm³/mol. The summed E-state index contributed by atoms with van der Waals surface area (Å²) in [5.74, 6) is 0.561. The zero-order chi connectivity index (χ0) is 21.6. The summed E-state index contributed by atoms with van der Waals surface area (Å²) < 4.78 is 33.3. The molecule has 154 valence electrons. The Bertz CT molecular complexity index is 1160. The monoisotopic (exact) mass is 426 g/mol. The predicted octanol–water partition coefficient (Wildman–Crippen LogP) is 3.85. The Morgan fingerprint density at radius 1 is 1.03 bits per heavy atom. The molecule has 0 fully saturated rings. The lowest BCUT2D eigenvalue weighted by Gasteiger charge is -2.12. The molecule has 0 aliphatic rings. The number of hydrogen-bond donors (Lipinski definition) is 2. The Hall–Kier alpha value is -3.92. The van der Waals surface area contributed by atoms with Gasteiger partial charge < -0.3 is 4.74 Å².